The lowest BCUT2D eigenvalue weighted by Crippen LogP contribution is -2.33. The van der Waals surface area contributed by atoms with Crippen molar-refractivity contribution in [3.8, 4) is 0 Å². The van der Waals surface area contributed by atoms with Crippen LogP contribution in [0.5, 0.6) is 0 Å². The fourth-order valence-electron chi connectivity index (χ4n) is 2.85. The molecule has 0 saturated carbocycles. The summed E-state index contributed by atoms with van der Waals surface area (Å²) < 4.78 is 0. The van der Waals surface area contributed by atoms with Gasteiger partial charge in [0.1, 0.15) is 0 Å². The van der Waals surface area contributed by atoms with E-state index in [9.17, 15) is 4.79 Å². The molecule has 2 heterocycles. The van der Waals surface area contributed by atoms with E-state index in [-0.39, 0.29) is 0 Å². The minimum absolute atomic E-state index is 0.303. The van der Waals surface area contributed by atoms with E-state index < -0.39 is 0 Å². The summed E-state index contributed by atoms with van der Waals surface area (Å²) in [6.07, 6.45) is 1.61. The van der Waals surface area contributed by atoms with E-state index in [0.29, 0.717) is 18.2 Å². The third-order valence-corrected chi connectivity index (χ3v) is 3.53. The summed E-state index contributed by atoms with van der Waals surface area (Å²) in [5.74, 6) is 0.803. The first-order valence-electron chi connectivity index (χ1n) is 5.60. The monoisotopic (exact) mass is 201 g/mol. The number of hydrogen-bond acceptors (Lipinski definition) is 1. The van der Waals surface area contributed by atoms with E-state index in [1.807, 2.05) is 4.90 Å². The standard InChI is InChI=1S/C13H15NO/c1-8-5-10-3-4-12(15)14-7-9(2)11(6-8)13(10)14/h5-6,9H,3-4,7H2,1-2H3/t9-/m0/s1. The van der Waals surface area contributed by atoms with Crippen LogP contribution in [0.1, 0.15) is 36.0 Å². The molecule has 2 aliphatic rings. The van der Waals surface area contributed by atoms with Gasteiger partial charge in [-0.3, -0.25) is 4.79 Å². The topological polar surface area (TPSA) is 20.3 Å². The van der Waals surface area contributed by atoms with Crippen LogP contribution >= 0.6 is 0 Å². The van der Waals surface area contributed by atoms with Gasteiger partial charge in [-0.25, -0.2) is 0 Å². The third-order valence-electron chi connectivity index (χ3n) is 3.53. The molecular weight excluding hydrogens is 186 g/mol. The second-order valence-electron chi connectivity index (χ2n) is 4.77. The van der Waals surface area contributed by atoms with E-state index in [4.69, 9.17) is 0 Å². The number of carbonyl (C=O) groups excluding carboxylic acids is 1. The van der Waals surface area contributed by atoms with Gasteiger partial charge in [0.2, 0.25) is 5.91 Å². The second kappa shape index (κ2) is 2.84. The van der Waals surface area contributed by atoms with E-state index in [1.54, 1.807) is 0 Å². The van der Waals surface area contributed by atoms with Crippen molar-refractivity contribution >= 4 is 11.6 Å². The fourth-order valence-corrected chi connectivity index (χ4v) is 2.85. The number of aryl methyl sites for hydroxylation is 2. The van der Waals surface area contributed by atoms with Crippen LogP contribution in [0, 0.1) is 6.92 Å². The lowest BCUT2D eigenvalue weighted by atomic mass is 9.94. The Bertz CT molecular complexity index is 450. The molecule has 1 aromatic rings. The van der Waals surface area contributed by atoms with E-state index in [2.05, 4.69) is 26.0 Å². The Hall–Kier alpha value is -1.31. The Morgan fingerprint density at radius 3 is 2.93 bits per heavy atom. The number of carbonyl (C=O) groups is 1. The number of hydrogen-bond donors (Lipinski definition) is 0. The highest BCUT2D eigenvalue weighted by atomic mass is 16.2. The van der Waals surface area contributed by atoms with Gasteiger partial charge in [-0.15, -0.1) is 0 Å². The molecule has 1 amide bonds. The third kappa shape index (κ3) is 1.14. The van der Waals surface area contributed by atoms with Gasteiger partial charge >= 0.3 is 0 Å². The summed E-state index contributed by atoms with van der Waals surface area (Å²) in [4.78, 5) is 13.8. The molecule has 0 bridgehead atoms. The molecule has 3 rings (SSSR count). The Balaban J connectivity index is 2.26. The SMILES string of the molecule is Cc1cc2c3c(c1)[C@@H](C)CN3C(=O)CC2. The van der Waals surface area contributed by atoms with Gasteiger partial charge in [0.05, 0.1) is 5.69 Å². The summed E-state index contributed by atoms with van der Waals surface area (Å²) in [5, 5.41) is 0. The predicted molar refractivity (Wildman–Crippen MR) is 60.3 cm³/mol. The van der Waals surface area contributed by atoms with Crippen molar-refractivity contribution in [1.82, 2.24) is 0 Å². The van der Waals surface area contributed by atoms with Crippen molar-refractivity contribution in [1.29, 1.82) is 0 Å². The maximum Gasteiger partial charge on any atom is 0.227 e. The lowest BCUT2D eigenvalue weighted by Gasteiger charge is -2.25. The van der Waals surface area contributed by atoms with Gasteiger partial charge in [-0.05, 0) is 24.5 Å². The van der Waals surface area contributed by atoms with Crippen LogP contribution in [0.15, 0.2) is 12.1 Å². The van der Waals surface area contributed by atoms with Crippen LogP contribution in [0.4, 0.5) is 5.69 Å². The van der Waals surface area contributed by atoms with Gasteiger partial charge in [0, 0.05) is 18.9 Å². The second-order valence-corrected chi connectivity index (χ2v) is 4.77. The number of rotatable bonds is 0. The van der Waals surface area contributed by atoms with Crippen molar-refractivity contribution < 1.29 is 4.79 Å². The minimum Gasteiger partial charge on any atom is -0.311 e. The lowest BCUT2D eigenvalue weighted by molar-refractivity contribution is -0.118. The first-order chi connectivity index (χ1) is 7.16. The zero-order valence-electron chi connectivity index (χ0n) is 9.21. The normalized spacial score (nSPS) is 23.2. The maximum atomic E-state index is 11.8. The molecule has 1 aromatic carbocycles. The van der Waals surface area contributed by atoms with Crippen LogP contribution in [-0.4, -0.2) is 12.5 Å². The summed E-state index contributed by atoms with van der Waals surface area (Å²) in [5.41, 5.74) is 5.29. The van der Waals surface area contributed by atoms with Crippen molar-refractivity contribution in [2.45, 2.75) is 32.6 Å². The number of benzene rings is 1. The van der Waals surface area contributed by atoms with Gasteiger partial charge in [0.15, 0.2) is 0 Å². The molecule has 1 atom stereocenters. The highest BCUT2D eigenvalue weighted by molar-refractivity contribution is 5.99. The zero-order valence-corrected chi connectivity index (χ0v) is 9.21. The molecule has 0 aromatic heterocycles. The Labute approximate surface area is 89.9 Å². The van der Waals surface area contributed by atoms with Crippen molar-refractivity contribution in [2.75, 3.05) is 11.4 Å². The van der Waals surface area contributed by atoms with Crippen molar-refractivity contribution in [3.05, 3.63) is 28.8 Å². The van der Waals surface area contributed by atoms with Crippen LogP contribution in [0.25, 0.3) is 0 Å². The molecule has 0 unspecified atom stereocenters. The molecule has 2 aliphatic heterocycles. The number of nitrogens with zero attached hydrogens (tertiary/aromatic N) is 1. The Morgan fingerprint density at radius 1 is 1.33 bits per heavy atom. The van der Waals surface area contributed by atoms with Crippen LogP contribution < -0.4 is 4.90 Å². The molecule has 78 valence electrons. The average molecular weight is 201 g/mol. The molecule has 0 fully saturated rings. The van der Waals surface area contributed by atoms with Crippen LogP contribution in [0.3, 0.4) is 0 Å². The fraction of sp³-hybridized carbons (Fsp3) is 0.462. The number of amides is 1. The summed E-state index contributed by atoms with van der Waals surface area (Å²) in [6.45, 7) is 5.23. The molecule has 0 saturated heterocycles. The Morgan fingerprint density at radius 2 is 2.13 bits per heavy atom. The molecule has 0 radical (unpaired) electrons. The smallest absolute Gasteiger partial charge is 0.227 e. The Kier molecular flexibility index (Phi) is 1.70. The maximum absolute atomic E-state index is 11.8. The molecular formula is C13H15NO. The summed E-state index contributed by atoms with van der Waals surface area (Å²) in [6, 6.07) is 4.47. The van der Waals surface area contributed by atoms with E-state index >= 15 is 0 Å². The molecule has 0 N–H and O–H groups in total. The molecule has 0 aliphatic carbocycles. The predicted octanol–water partition coefficient (Wildman–Crippen LogP) is 2.39. The molecule has 15 heavy (non-hydrogen) atoms. The number of anilines is 1. The summed E-state index contributed by atoms with van der Waals surface area (Å²) in [7, 11) is 0. The quantitative estimate of drug-likeness (QED) is 0.631. The van der Waals surface area contributed by atoms with Crippen molar-refractivity contribution in [2.24, 2.45) is 0 Å². The first-order valence-corrected chi connectivity index (χ1v) is 5.60. The average Bonchev–Trinajstić information content (AvgIpc) is 2.52. The molecule has 0 spiro atoms. The molecule has 2 nitrogen and oxygen atoms in total. The first kappa shape index (κ1) is 8.96. The van der Waals surface area contributed by atoms with Gasteiger partial charge in [-0.1, -0.05) is 24.6 Å². The largest absolute Gasteiger partial charge is 0.311 e. The van der Waals surface area contributed by atoms with E-state index in [1.165, 1.54) is 22.4 Å². The minimum atomic E-state index is 0.303. The van der Waals surface area contributed by atoms with Gasteiger partial charge in [-0.2, -0.15) is 0 Å². The van der Waals surface area contributed by atoms with Crippen molar-refractivity contribution in [3.63, 3.8) is 0 Å². The molecule has 2 heteroatoms. The summed E-state index contributed by atoms with van der Waals surface area (Å²) >= 11 is 0. The highest BCUT2D eigenvalue weighted by Crippen LogP contribution is 2.42. The zero-order chi connectivity index (χ0) is 10.6. The highest BCUT2D eigenvalue weighted by Gasteiger charge is 2.34. The van der Waals surface area contributed by atoms with Crippen LogP contribution in [0.2, 0.25) is 0 Å². The van der Waals surface area contributed by atoms with Crippen LogP contribution in [-0.2, 0) is 11.2 Å². The van der Waals surface area contributed by atoms with Gasteiger partial charge in [0.25, 0.3) is 0 Å². The van der Waals surface area contributed by atoms with Gasteiger partial charge < -0.3 is 4.90 Å². The van der Waals surface area contributed by atoms with E-state index in [0.717, 1.165) is 13.0 Å².